The van der Waals surface area contributed by atoms with Crippen molar-refractivity contribution in [3.8, 4) is 11.6 Å². The van der Waals surface area contributed by atoms with Crippen LogP contribution in [-0.4, -0.2) is 42.7 Å². The van der Waals surface area contributed by atoms with Crippen molar-refractivity contribution in [1.82, 2.24) is 9.88 Å². The third kappa shape index (κ3) is 6.13. The predicted octanol–water partition coefficient (Wildman–Crippen LogP) is 5.54. The van der Waals surface area contributed by atoms with Gasteiger partial charge >= 0.3 is 6.03 Å². The molecular weight excluding hydrogens is 402 g/mol. The van der Waals surface area contributed by atoms with E-state index in [-0.39, 0.29) is 6.03 Å². The van der Waals surface area contributed by atoms with Crippen LogP contribution in [0.1, 0.15) is 37.7 Å². The van der Waals surface area contributed by atoms with Crippen LogP contribution < -0.4 is 14.8 Å². The highest BCUT2D eigenvalue weighted by molar-refractivity contribution is 5.89. The Kier molecular flexibility index (Phi) is 7.43. The number of rotatable bonds is 6. The number of hydrogen-bond acceptors (Lipinski definition) is 4. The Labute approximate surface area is 189 Å². The van der Waals surface area contributed by atoms with Crippen LogP contribution in [0.5, 0.6) is 11.6 Å². The molecule has 0 bridgehead atoms. The number of methoxy groups -OCH3 is 1. The average molecular weight is 434 g/mol. The summed E-state index contributed by atoms with van der Waals surface area (Å²) in [5, 5.41) is 2.90. The van der Waals surface area contributed by atoms with Crippen LogP contribution in [0.3, 0.4) is 0 Å². The number of benzene rings is 1. The van der Waals surface area contributed by atoms with Crippen molar-refractivity contribution in [2.24, 2.45) is 5.92 Å². The maximum atomic E-state index is 12.5. The van der Waals surface area contributed by atoms with Crippen LogP contribution in [0.15, 0.2) is 60.3 Å². The minimum Gasteiger partial charge on any atom is -0.493 e. The highest BCUT2D eigenvalue weighted by Crippen LogP contribution is 2.24. The SMILES string of the molecule is COc1ccc(NC(=O)N2CCC(=Cc3cccc(OCC4CC=CCC4)c3)CC2)cn1. The molecule has 0 spiro atoms. The summed E-state index contributed by atoms with van der Waals surface area (Å²) < 4.78 is 11.1. The molecule has 1 aliphatic heterocycles. The molecule has 1 unspecified atom stereocenters. The van der Waals surface area contributed by atoms with E-state index in [1.807, 2.05) is 17.0 Å². The van der Waals surface area contributed by atoms with Gasteiger partial charge in [-0.2, -0.15) is 0 Å². The van der Waals surface area contributed by atoms with Gasteiger partial charge in [-0.3, -0.25) is 0 Å². The van der Waals surface area contributed by atoms with E-state index in [1.165, 1.54) is 12.0 Å². The number of nitrogens with one attached hydrogen (secondary N) is 1. The summed E-state index contributed by atoms with van der Waals surface area (Å²) in [7, 11) is 1.57. The monoisotopic (exact) mass is 433 g/mol. The molecule has 1 aromatic carbocycles. The predicted molar refractivity (Wildman–Crippen MR) is 127 cm³/mol. The molecule has 1 atom stereocenters. The number of anilines is 1. The van der Waals surface area contributed by atoms with E-state index in [4.69, 9.17) is 9.47 Å². The standard InChI is InChI=1S/C26H31N3O3/c1-31-25-11-10-23(18-27-25)28-26(30)29-14-12-20(13-15-29)16-22-8-5-9-24(17-22)32-19-21-6-3-2-4-7-21/h2-3,5,8-11,16-18,21H,4,6-7,12-15,19H2,1H3,(H,28,30). The second-order valence-electron chi connectivity index (χ2n) is 8.34. The van der Waals surface area contributed by atoms with Gasteiger partial charge in [0.1, 0.15) is 5.75 Å². The molecule has 2 aliphatic rings. The smallest absolute Gasteiger partial charge is 0.321 e. The minimum atomic E-state index is -0.0935. The van der Waals surface area contributed by atoms with Crippen molar-refractivity contribution in [3.63, 3.8) is 0 Å². The van der Waals surface area contributed by atoms with E-state index in [0.29, 0.717) is 30.6 Å². The quantitative estimate of drug-likeness (QED) is 0.608. The summed E-state index contributed by atoms with van der Waals surface area (Å²) >= 11 is 0. The van der Waals surface area contributed by atoms with Gasteiger partial charge in [0.2, 0.25) is 5.88 Å². The fourth-order valence-electron chi connectivity index (χ4n) is 4.07. The highest BCUT2D eigenvalue weighted by atomic mass is 16.5. The van der Waals surface area contributed by atoms with Gasteiger partial charge in [0.15, 0.2) is 0 Å². The summed E-state index contributed by atoms with van der Waals surface area (Å²) in [6, 6.07) is 11.7. The number of urea groups is 1. The van der Waals surface area contributed by atoms with Gasteiger partial charge in [-0.05, 0) is 61.8 Å². The maximum Gasteiger partial charge on any atom is 0.321 e. The zero-order chi connectivity index (χ0) is 22.2. The van der Waals surface area contributed by atoms with Crippen LogP contribution in [0.4, 0.5) is 10.5 Å². The number of amides is 2. The maximum absolute atomic E-state index is 12.5. The van der Waals surface area contributed by atoms with Crippen LogP contribution >= 0.6 is 0 Å². The van der Waals surface area contributed by atoms with Crippen LogP contribution in [0.2, 0.25) is 0 Å². The number of carbonyl (C=O) groups excluding carboxylic acids is 1. The summed E-state index contributed by atoms with van der Waals surface area (Å²) in [6.45, 7) is 2.18. The number of carbonyl (C=O) groups is 1. The average Bonchev–Trinajstić information content (AvgIpc) is 2.84. The molecule has 1 aliphatic carbocycles. The lowest BCUT2D eigenvalue weighted by molar-refractivity contribution is 0.208. The van der Waals surface area contributed by atoms with Crippen molar-refractivity contribution in [3.05, 3.63) is 65.9 Å². The van der Waals surface area contributed by atoms with Crippen LogP contribution in [0.25, 0.3) is 6.08 Å². The number of hydrogen-bond donors (Lipinski definition) is 1. The van der Waals surface area contributed by atoms with E-state index in [1.54, 1.807) is 25.4 Å². The zero-order valence-corrected chi connectivity index (χ0v) is 18.6. The summed E-state index contributed by atoms with van der Waals surface area (Å²) in [4.78, 5) is 18.5. The lowest BCUT2D eigenvalue weighted by Gasteiger charge is -2.28. The summed E-state index contributed by atoms with van der Waals surface area (Å²) in [6.07, 6.45) is 13.6. The van der Waals surface area contributed by atoms with Gasteiger partial charge in [-0.25, -0.2) is 9.78 Å². The number of nitrogens with zero attached hydrogens (tertiary/aromatic N) is 2. The number of pyridine rings is 1. The fraction of sp³-hybridized carbons (Fsp3) is 0.385. The molecule has 6 nitrogen and oxygen atoms in total. The first-order valence-electron chi connectivity index (χ1n) is 11.3. The third-order valence-electron chi connectivity index (χ3n) is 5.98. The molecule has 4 rings (SSSR count). The van der Waals surface area contributed by atoms with Crippen LogP contribution in [-0.2, 0) is 0 Å². The van der Waals surface area contributed by atoms with Gasteiger partial charge in [-0.1, -0.05) is 35.9 Å². The number of piperidine rings is 1. The Bertz CT molecular complexity index is 959. The first-order valence-corrected chi connectivity index (χ1v) is 11.3. The van der Waals surface area contributed by atoms with Crippen molar-refractivity contribution in [1.29, 1.82) is 0 Å². The van der Waals surface area contributed by atoms with Crippen molar-refractivity contribution < 1.29 is 14.3 Å². The molecule has 2 amide bonds. The van der Waals surface area contributed by atoms with E-state index in [9.17, 15) is 4.79 Å². The van der Waals surface area contributed by atoms with E-state index in [2.05, 4.69) is 40.7 Å². The summed E-state index contributed by atoms with van der Waals surface area (Å²) in [5.41, 5.74) is 3.18. The molecule has 1 saturated heterocycles. The molecule has 6 heteroatoms. The number of likely N-dealkylation sites (tertiary alicyclic amines) is 1. The molecule has 1 N–H and O–H groups in total. The first-order chi connectivity index (χ1) is 15.7. The molecule has 1 fully saturated rings. The number of aromatic nitrogens is 1. The van der Waals surface area contributed by atoms with Crippen molar-refractivity contribution >= 4 is 17.8 Å². The Morgan fingerprint density at radius 2 is 2.09 bits per heavy atom. The second-order valence-corrected chi connectivity index (χ2v) is 8.34. The molecule has 32 heavy (non-hydrogen) atoms. The minimum absolute atomic E-state index is 0.0935. The normalized spacial score (nSPS) is 18.2. The van der Waals surface area contributed by atoms with Crippen molar-refractivity contribution in [2.75, 3.05) is 32.1 Å². The van der Waals surface area contributed by atoms with Gasteiger partial charge in [0.05, 0.1) is 25.6 Å². The molecular formula is C26H31N3O3. The van der Waals surface area contributed by atoms with Gasteiger partial charge in [0.25, 0.3) is 0 Å². The zero-order valence-electron chi connectivity index (χ0n) is 18.6. The molecule has 0 saturated carbocycles. The van der Waals surface area contributed by atoms with E-state index < -0.39 is 0 Å². The Morgan fingerprint density at radius 3 is 2.81 bits per heavy atom. The van der Waals surface area contributed by atoms with Crippen molar-refractivity contribution in [2.45, 2.75) is 32.1 Å². The van der Waals surface area contributed by atoms with Crippen LogP contribution in [0, 0.1) is 5.92 Å². The molecule has 168 valence electrons. The second kappa shape index (κ2) is 10.8. The largest absolute Gasteiger partial charge is 0.493 e. The topological polar surface area (TPSA) is 63.7 Å². The Morgan fingerprint density at radius 1 is 1.22 bits per heavy atom. The van der Waals surface area contributed by atoms with E-state index in [0.717, 1.165) is 43.6 Å². The summed E-state index contributed by atoms with van der Waals surface area (Å²) in [5.74, 6) is 2.07. The highest BCUT2D eigenvalue weighted by Gasteiger charge is 2.19. The Hall–Kier alpha value is -3.28. The molecule has 2 aromatic rings. The lowest BCUT2D eigenvalue weighted by atomic mass is 9.95. The Balaban J connectivity index is 1.27. The van der Waals surface area contributed by atoms with Gasteiger partial charge < -0.3 is 19.7 Å². The molecule has 2 heterocycles. The molecule has 0 radical (unpaired) electrons. The molecule has 1 aromatic heterocycles. The van der Waals surface area contributed by atoms with E-state index >= 15 is 0 Å². The number of allylic oxidation sites excluding steroid dienone is 2. The third-order valence-corrected chi connectivity index (χ3v) is 5.98. The fourth-order valence-corrected chi connectivity index (χ4v) is 4.07. The first kappa shape index (κ1) is 21.9. The van der Waals surface area contributed by atoms with Gasteiger partial charge in [0, 0.05) is 19.2 Å². The number of ether oxygens (including phenoxy) is 2. The van der Waals surface area contributed by atoms with Gasteiger partial charge in [-0.15, -0.1) is 0 Å². The lowest BCUT2D eigenvalue weighted by Crippen LogP contribution is -2.39.